The maximum Gasteiger partial charge on any atom is 0.408 e. The lowest BCUT2D eigenvalue weighted by Gasteiger charge is -2.22. The van der Waals surface area contributed by atoms with E-state index in [1.54, 1.807) is 18.5 Å². The van der Waals surface area contributed by atoms with Gasteiger partial charge in [-0.3, -0.25) is 9.67 Å². The fourth-order valence-electron chi connectivity index (χ4n) is 3.12. The molecule has 1 unspecified atom stereocenters. The van der Waals surface area contributed by atoms with Gasteiger partial charge in [0, 0.05) is 18.6 Å². The summed E-state index contributed by atoms with van der Waals surface area (Å²) >= 11 is 0. The molecule has 1 N–H and O–H groups in total. The molecule has 0 fully saturated rings. The van der Waals surface area contributed by atoms with Crippen LogP contribution >= 0.6 is 0 Å². The van der Waals surface area contributed by atoms with E-state index in [9.17, 15) is 13.2 Å². The molecule has 0 bridgehead atoms. The Morgan fingerprint density at radius 2 is 2.04 bits per heavy atom. The minimum atomic E-state index is -4.28. The standard InChI is InChI=1S/C16H15F3N6/c17-16(18,19)9-25-8-10-2-1-3-11(14(10)24-25)22-13-5-4-12-15(23-13)21-7-6-20-12/h4-8,11H,1-3,9H2,(H,21,22,23). The molecule has 0 spiro atoms. The molecule has 0 radical (unpaired) electrons. The third-order valence-corrected chi connectivity index (χ3v) is 4.13. The monoisotopic (exact) mass is 348 g/mol. The number of hydrogen-bond acceptors (Lipinski definition) is 5. The zero-order valence-corrected chi connectivity index (χ0v) is 13.2. The minimum Gasteiger partial charge on any atom is -0.362 e. The van der Waals surface area contributed by atoms with Gasteiger partial charge in [0.15, 0.2) is 5.65 Å². The van der Waals surface area contributed by atoms with Gasteiger partial charge in [-0.2, -0.15) is 18.3 Å². The zero-order chi connectivity index (χ0) is 17.4. The van der Waals surface area contributed by atoms with E-state index in [1.165, 1.54) is 6.20 Å². The van der Waals surface area contributed by atoms with Crippen LogP contribution in [0.3, 0.4) is 0 Å². The number of alkyl halides is 3. The van der Waals surface area contributed by atoms with Gasteiger partial charge in [0.1, 0.15) is 17.9 Å². The molecule has 0 amide bonds. The SMILES string of the molecule is FC(F)(F)Cn1cc2c(n1)C(Nc1ccc3nccnc3n1)CCC2. The number of fused-ring (bicyclic) bond motifs is 2. The molecule has 1 aliphatic rings. The first-order valence-corrected chi connectivity index (χ1v) is 7.95. The number of hydrogen-bond donors (Lipinski definition) is 1. The van der Waals surface area contributed by atoms with Gasteiger partial charge in [-0.05, 0) is 37.0 Å². The van der Waals surface area contributed by atoms with Crippen molar-refractivity contribution in [3.63, 3.8) is 0 Å². The highest BCUT2D eigenvalue weighted by Gasteiger charge is 2.31. The fourth-order valence-corrected chi connectivity index (χ4v) is 3.12. The molecule has 3 heterocycles. The average Bonchev–Trinajstić information content (AvgIpc) is 2.96. The van der Waals surface area contributed by atoms with Crippen LogP contribution in [-0.2, 0) is 13.0 Å². The highest BCUT2D eigenvalue weighted by atomic mass is 19.4. The summed E-state index contributed by atoms with van der Waals surface area (Å²) in [4.78, 5) is 12.7. The predicted octanol–water partition coefficient (Wildman–Crippen LogP) is 3.27. The molecular formula is C16H15F3N6. The second-order valence-electron chi connectivity index (χ2n) is 6.04. The molecule has 0 aromatic carbocycles. The molecule has 0 saturated heterocycles. The van der Waals surface area contributed by atoms with Gasteiger partial charge < -0.3 is 5.32 Å². The quantitative estimate of drug-likeness (QED) is 0.787. The number of aromatic nitrogens is 5. The van der Waals surface area contributed by atoms with Crippen LogP contribution in [0.25, 0.3) is 11.2 Å². The molecule has 4 rings (SSSR count). The van der Waals surface area contributed by atoms with E-state index in [0.717, 1.165) is 29.5 Å². The third kappa shape index (κ3) is 3.40. The van der Waals surface area contributed by atoms with Crippen molar-refractivity contribution in [2.24, 2.45) is 0 Å². The van der Waals surface area contributed by atoms with Crippen molar-refractivity contribution in [1.29, 1.82) is 0 Å². The number of pyridine rings is 1. The van der Waals surface area contributed by atoms with Crippen molar-refractivity contribution in [3.05, 3.63) is 42.0 Å². The van der Waals surface area contributed by atoms with Gasteiger partial charge in [0.05, 0.1) is 11.7 Å². The normalized spacial score (nSPS) is 17.5. The Morgan fingerprint density at radius 1 is 1.20 bits per heavy atom. The molecular weight excluding hydrogens is 333 g/mol. The Bertz CT molecular complexity index is 904. The van der Waals surface area contributed by atoms with Gasteiger partial charge in [-0.15, -0.1) is 0 Å². The average molecular weight is 348 g/mol. The van der Waals surface area contributed by atoms with Crippen LogP contribution in [-0.4, -0.2) is 30.9 Å². The molecule has 9 heteroatoms. The number of aryl methyl sites for hydroxylation is 1. The van der Waals surface area contributed by atoms with Crippen LogP contribution in [0.15, 0.2) is 30.7 Å². The van der Waals surface area contributed by atoms with Crippen molar-refractivity contribution >= 4 is 17.0 Å². The largest absolute Gasteiger partial charge is 0.408 e. The van der Waals surface area contributed by atoms with Crippen molar-refractivity contribution < 1.29 is 13.2 Å². The maximum absolute atomic E-state index is 12.6. The number of nitrogens with zero attached hydrogens (tertiary/aromatic N) is 5. The maximum atomic E-state index is 12.6. The lowest BCUT2D eigenvalue weighted by Crippen LogP contribution is -2.20. The second kappa shape index (κ2) is 5.98. The lowest BCUT2D eigenvalue weighted by molar-refractivity contribution is -0.142. The zero-order valence-electron chi connectivity index (χ0n) is 13.2. The van der Waals surface area contributed by atoms with Gasteiger partial charge in [0.25, 0.3) is 0 Å². The molecule has 0 aliphatic heterocycles. The highest BCUT2D eigenvalue weighted by Crippen LogP contribution is 2.32. The molecule has 25 heavy (non-hydrogen) atoms. The lowest BCUT2D eigenvalue weighted by atomic mass is 9.94. The smallest absolute Gasteiger partial charge is 0.362 e. The molecule has 3 aromatic heterocycles. The first kappa shape index (κ1) is 15.8. The van der Waals surface area contributed by atoms with Crippen molar-refractivity contribution in [2.45, 2.75) is 38.0 Å². The number of nitrogens with one attached hydrogen (secondary N) is 1. The number of rotatable bonds is 3. The van der Waals surface area contributed by atoms with Crippen LogP contribution in [0.4, 0.5) is 19.0 Å². The molecule has 0 saturated carbocycles. The second-order valence-corrected chi connectivity index (χ2v) is 6.04. The Kier molecular flexibility index (Phi) is 3.78. The first-order valence-electron chi connectivity index (χ1n) is 7.95. The van der Waals surface area contributed by atoms with Crippen LogP contribution in [0.1, 0.15) is 30.1 Å². The Labute approximate surface area is 141 Å². The molecule has 3 aromatic rings. The van der Waals surface area contributed by atoms with Gasteiger partial charge >= 0.3 is 6.18 Å². The van der Waals surface area contributed by atoms with Crippen LogP contribution < -0.4 is 5.32 Å². The Morgan fingerprint density at radius 3 is 2.88 bits per heavy atom. The molecule has 1 aliphatic carbocycles. The third-order valence-electron chi connectivity index (χ3n) is 4.13. The van der Waals surface area contributed by atoms with E-state index in [0.29, 0.717) is 22.7 Å². The fraction of sp³-hybridized carbons (Fsp3) is 0.375. The topological polar surface area (TPSA) is 68.5 Å². The summed E-state index contributed by atoms with van der Waals surface area (Å²) in [5, 5.41) is 7.42. The van der Waals surface area contributed by atoms with E-state index in [2.05, 4.69) is 25.4 Å². The number of halogens is 3. The Hall–Kier alpha value is -2.71. The van der Waals surface area contributed by atoms with E-state index in [1.807, 2.05) is 6.07 Å². The number of anilines is 1. The summed E-state index contributed by atoms with van der Waals surface area (Å²) in [7, 11) is 0. The van der Waals surface area contributed by atoms with Crippen molar-refractivity contribution in [2.75, 3.05) is 5.32 Å². The summed E-state index contributed by atoms with van der Waals surface area (Å²) in [6.07, 6.45) is 2.79. The summed E-state index contributed by atoms with van der Waals surface area (Å²) in [6, 6.07) is 3.43. The highest BCUT2D eigenvalue weighted by molar-refractivity contribution is 5.71. The summed E-state index contributed by atoms with van der Waals surface area (Å²) < 4.78 is 38.8. The van der Waals surface area contributed by atoms with E-state index in [4.69, 9.17) is 0 Å². The van der Waals surface area contributed by atoms with E-state index in [-0.39, 0.29) is 6.04 Å². The first-order chi connectivity index (χ1) is 12.0. The van der Waals surface area contributed by atoms with Gasteiger partial charge in [-0.25, -0.2) is 9.97 Å². The molecule has 130 valence electrons. The minimum absolute atomic E-state index is 0.167. The summed E-state index contributed by atoms with van der Waals surface area (Å²) in [5.41, 5.74) is 2.73. The van der Waals surface area contributed by atoms with Crippen molar-refractivity contribution in [1.82, 2.24) is 24.7 Å². The van der Waals surface area contributed by atoms with Gasteiger partial charge in [-0.1, -0.05) is 0 Å². The van der Waals surface area contributed by atoms with Crippen molar-refractivity contribution in [3.8, 4) is 0 Å². The van der Waals surface area contributed by atoms with E-state index >= 15 is 0 Å². The van der Waals surface area contributed by atoms with Gasteiger partial charge in [0.2, 0.25) is 0 Å². The summed E-state index contributed by atoms with van der Waals surface area (Å²) in [6.45, 7) is -1.07. The van der Waals surface area contributed by atoms with Crippen LogP contribution in [0, 0.1) is 0 Å². The van der Waals surface area contributed by atoms with Crippen LogP contribution in [0.2, 0.25) is 0 Å². The summed E-state index contributed by atoms with van der Waals surface area (Å²) in [5.74, 6) is 0.608. The van der Waals surface area contributed by atoms with E-state index < -0.39 is 12.7 Å². The predicted molar refractivity (Wildman–Crippen MR) is 84.9 cm³/mol. The van der Waals surface area contributed by atoms with Crippen LogP contribution in [0.5, 0.6) is 0 Å². The Balaban J connectivity index is 1.59. The molecule has 1 atom stereocenters. The molecule has 6 nitrogen and oxygen atoms in total.